The summed E-state index contributed by atoms with van der Waals surface area (Å²) < 4.78 is 37.3. The second-order valence-corrected chi connectivity index (χ2v) is 4.60. The highest BCUT2D eigenvalue weighted by molar-refractivity contribution is 5.82. The van der Waals surface area contributed by atoms with Crippen LogP contribution in [-0.4, -0.2) is 29.1 Å². The van der Waals surface area contributed by atoms with E-state index in [4.69, 9.17) is 0 Å². The van der Waals surface area contributed by atoms with Crippen molar-refractivity contribution in [1.29, 1.82) is 0 Å². The molecule has 1 rings (SSSR count). The normalized spacial score (nSPS) is 18.9. The van der Waals surface area contributed by atoms with E-state index in [1.54, 1.807) is 13.8 Å². The minimum absolute atomic E-state index is 0.233. The highest BCUT2D eigenvalue weighted by atomic mass is 19.4. The van der Waals surface area contributed by atoms with Crippen LogP contribution in [0, 0.1) is 0 Å². The minimum Gasteiger partial charge on any atom is -0.329 e. The van der Waals surface area contributed by atoms with Crippen LogP contribution in [0.2, 0.25) is 0 Å². The molecule has 0 radical (unpaired) electrons. The van der Waals surface area contributed by atoms with Crippen LogP contribution in [0.5, 0.6) is 0 Å². The number of carbonyl (C=O) groups excluding carboxylic acids is 1. The number of rotatable bonds is 2. The molecule has 2 nitrogen and oxygen atoms in total. The number of halogens is 3. The summed E-state index contributed by atoms with van der Waals surface area (Å²) in [6.07, 6.45) is -0.470. The van der Waals surface area contributed by atoms with Gasteiger partial charge in [-0.05, 0) is 26.7 Å². The zero-order chi connectivity index (χ0) is 12.3. The first kappa shape index (κ1) is 13.3. The van der Waals surface area contributed by atoms with Crippen molar-refractivity contribution in [2.75, 3.05) is 0 Å². The van der Waals surface area contributed by atoms with Crippen molar-refractivity contribution >= 4 is 5.91 Å². The number of carbonyl (C=O) groups is 1. The lowest BCUT2D eigenvalue weighted by Crippen LogP contribution is -2.51. The number of hydrogen-bond donors (Lipinski definition) is 0. The van der Waals surface area contributed by atoms with Gasteiger partial charge < -0.3 is 4.90 Å². The fraction of sp³-hybridized carbons (Fsp3) is 0.909. The highest BCUT2D eigenvalue weighted by Gasteiger charge is 2.45. The maximum Gasteiger partial charge on any atom is 0.471 e. The molecule has 0 spiro atoms. The molecule has 1 saturated carbocycles. The second-order valence-electron chi connectivity index (χ2n) is 4.60. The minimum atomic E-state index is -4.75. The van der Waals surface area contributed by atoms with Gasteiger partial charge in [0.2, 0.25) is 0 Å². The zero-order valence-electron chi connectivity index (χ0n) is 9.68. The van der Waals surface area contributed by atoms with Crippen molar-refractivity contribution in [2.24, 2.45) is 0 Å². The van der Waals surface area contributed by atoms with Crippen molar-refractivity contribution in [3.8, 4) is 0 Å². The van der Waals surface area contributed by atoms with Crippen LogP contribution in [0.25, 0.3) is 0 Å². The zero-order valence-corrected chi connectivity index (χ0v) is 9.68. The summed E-state index contributed by atoms with van der Waals surface area (Å²) in [5.74, 6) is -1.69. The van der Waals surface area contributed by atoms with E-state index in [2.05, 4.69) is 0 Å². The second kappa shape index (κ2) is 5.06. The topological polar surface area (TPSA) is 20.3 Å². The van der Waals surface area contributed by atoms with E-state index in [-0.39, 0.29) is 6.04 Å². The van der Waals surface area contributed by atoms with E-state index in [9.17, 15) is 18.0 Å². The van der Waals surface area contributed by atoms with Crippen molar-refractivity contribution in [3.63, 3.8) is 0 Å². The quantitative estimate of drug-likeness (QED) is 0.722. The van der Waals surface area contributed by atoms with E-state index in [0.717, 1.165) is 24.2 Å². The summed E-state index contributed by atoms with van der Waals surface area (Å²) in [7, 11) is 0. The van der Waals surface area contributed by atoms with Gasteiger partial charge in [-0.3, -0.25) is 4.79 Å². The molecule has 0 atom stereocenters. The van der Waals surface area contributed by atoms with Gasteiger partial charge in [0.25, 0.3) is 0 Å². The summed E-state index contributed by atoms with van der Waals surface area (Å²) in [5.41, 5.74) is 0. The largest absolute Gasteiger partial charge is 0.471 e. The number of hydrogen-bond acceptors (Lipinski definition) is 1. The fourth-order valence-corrected chi connectivity index (χ4v) is 2.33. The molecule has 0 heterocycles. The average Bonchev–Trinajstić information content (AvgIpc) is 2.17. The first-order valence-electron chi connectivity index (χ1n) is 5.73. The monoisotopic (exact) mass is 237 g/mol. The molecule has 5 heteroatoms. The average molecular weight is 237 g/mol. The fourth-order valence-electron chi connectivity index (χ4n) is 2.33. The van der Waals surface area contributed by atoms with Crippen LogP contribution < -0.4 is 0 Å². The molecule has 0 saturated heterocycles. The Kier molecular flexibility index (Phi) is 4.21. The van der Waals surface area contributed by atoms with Crippen molar-refractivity contribution in [1.82, 2.24) is 4.90 Å². The predicted octanol–water partition coefficient (Wildman–Crippen LogP) is 3.12. The van der Waals surface area contributed by atoms with Crippen molar-refractivity contribution in [3.05, 3.63) is 0 Å². The van der Waals surface area contributed by atoms with E-state index >= 15 is 0 Å². The molecular weight excluding hydrogens is 219 g/mol. The SMILES string of the molecule is CC(C)N(C(=O)C(F)(F)F)C1CCCCC1. The Morgan fingerprint density at radius 3 is 2.06 bits per heavy atom. The third-order valence-corrected chi connectivity index (χ3v) is 3.00. The molecule has 16 heavy (non-hydrogen) atoms. The summed E-state index contributed by atoms with van der Waals surface area (Å²) in [4.78, 5) is 12.3. The van der Waals surface area contributed by atoms with Gasteiger partial charge in [-0.15, -0.1) is 0 Å². The van der Waals surface area contributed by atoms with E-state index < -0.39 is 18.1 Å². The molecule has 0 N–H and O–H groups in total. The molecule has 0 bridgehead atoms. The van der Waals surface area contributed by atoms with Crippen molar-refractivity contribution < 1.29 is 18.0 Å². The predicted molar refractivity (Wildman–Crippen MR) is 54.9 cm³/mol. The summed E-state index contributed by atoms with van der Waals surface area (Å²) in [5, 5.41) is 0. The number of alkyl halides is 3. The van der Waals surface area contributed by atoms with Gasteiger partial charge in [-0.1, -0.05) is 19.3 Å². The van der Waals surface area contributed by atoms with Crippen molar-refractivity contribution in [2.45, 2.75) is 64.2 Å². The Morgan fingerprint density at radius 1 is 1.19 bits per heavy atom. The van der Waals surface area contributed by atoms with Crippen LogP contribution in [-0.2, 0) is 4.79 Å². The first-order valence-corrected chi connectivity index (χ1v) is 5.73. The molecule has 1 aliphatic rings. The van der Waals surface area contributed by atoms with Crippen LogP contribution in [0.1, 0.15) is 46.0 Å². The van der Waals surface area contributed by atoms with Crippen LogP contribution >= 0.6 is 0 Å². The van der Waals surface area contributed by atoms with Crippen LogP contribution in [0.15, 0.2) is 0 Å². The molecule has 1 fully saturated rings. The molecule has 0 unspecified atom stereocenters. The van der Waals surface area contributed by atoms with E-state index in [1.807, 2.05) is 0 Å². The Labute approximate surface area is 93.8 Å². The highest BCUT2D eigenvalue weighted by Crippen LogP contribution is 2.28. The maximum atomic E-state index is 12.4. The lowest BCUT2D eigenvalue weighted by molar-refractivity contribution is -0.190. The third kappa shape index (κ3) is 3.12. The Hall–Kier alpha value is -0.740. The summed E-state index contributed by atoms with van der Waals surface area (Å²) in [6, 6.07) is -0.625. The lowest BCUT2D eigenvalue weighted by atomic mass is 9.93. The van der Waals surface area contributed by atoms with Gasteiger partial charge in [-0.2, -0.15) is 13.2 Å². The van der Waals surface area contributed by atoms with Gasteiger partial charge in [0.1, 0.15) is 0 Å². The molecule has 0 aromatic heterocycles. The van der Waals surface area contributed by atoms with Gasteiger partial charge in [0.15, 0.2) is 0 Å². The first-order chi connectivity index (χ1) is 7.34. The Morgan fingerprint density at radius 2 is 1.69 bits per heavy atom. The summed E-state index contributed by atoms with van der Waals surface area (Å²) in [6.45, 7) is 3.27. The number of nitrogens with zero attached hydrogens (tertiary/aromatic N) is 1. The summed E-state index contributed by atoms with van der Waals surface area (Å²) >= 11 is 0. The molecule has 0 aliphatic heterocycles. The molecular formula is C11H18F3NO. The molecule has 94 valence electrons. The van der Waals surface area contributed by atoms with Crippen LogP contribution in [0.4, 0.5) is 13.2 Å². The smallest absolute Gasteiger partial charge is 0.329 e. The van der Waals surface area contributed by atoms with Gasteiger partial charge in [0, 0.05) is 12.1 Å². The molecule has 0 aromatic carbocycles. The maximum absolute atomic E-state index is 12.4. The number of amides is 1. The standard InChI is InChI=1S/C11H18F3NO/c1-8(2)15(10(16)11(12,13)14)9-6-4-3-5-7-9/h8-9H,3-7H2,1-2H3. The van der Waals surface area contributed by atoms with Gasteiger partial charge in [0.05, 0.1) is 0 Å². The molecule has 1 amide bonds. The third-order valence-electron chi connectivity index (χ3n) is 3.00. The van der Waals surface area contributed by atoms with Crippen LogP contribution in [0.3, 0.4) is 0 Å². The van der Waals surface area contributed by atoms with E-state index in [1.165, 1.54) is 0 Å². The molecule has 1 aliphatic carbocycles. The van der Waals surface area contributed by atoms with E-state index in [0.29, 0.717) is 12.8 Å². The van der Waals surface area contributed by atoms with Gasteiger partial charge >= 0.3 is 12.1 Å². The molecule has 0 aromatic rings. The van der Waals surface area contributed by atoms with Gasteiger partial charge in [-0.25, -0.2) is 0 Å². The lowest BCUT2D eigenvalue weighted by Gasteiger charge is -2.37. The Bertz CT molecular complexity index is 244. The Balaban J connectivity index is 2.77.